The first-order valence-corrected chi connectivity index (χ1v) is 7.86. The lowest BCUT2D eigenvalue weighted by molar-refractivity contribution is -0.141. The summed E-state index contributed by atoms with van der Waals surface area (Å²) in [6.45, 7) is -0.0781. The maximum Gasteiger partial charge on any atom is 0.308 e. The summed E-state index contributed by atoms with van der Waals surface area (Å²) in [6.07, 6.45) is 1.79. The molecule has 5 nitrogen and oxygen atoms in total. The number of carbonyl (C=O) groups is 2. The largest absolute Gasteiger partial charge is 0.481 e. The van der Waals surface area contributed by atoms with E-state index in [1.807, 2.05) is 12.1 Å². The molecule has 0 aliphatic rings. The van der Waals surface area contributed by atoms with Gasteiger partial charge in [-0.15, -0.1) is 0 Å². The zero-order valence-corrected chi connectivity index (χ0v) is 13.3. The van der Waals surface area contributed by atoms with Crippen molar-refractivity contribution in [2.24, 2.45) is 5.92 Å². The van der Waals surface area contributed by atoms with Gasteiger partial charge in [-0.1, -0.05) is 24.3 Å². The Morgan fingerprint density at radius 3 is 2.72 bits per heavy atom. The number of fused-ring (bicyclic) bond motifs is 1. The molecule has 0 bridgehead atoms. The lowest BCUT2D eigenvalue weighted by Crippen LogP contribution is -2.34. The van der Waals surface area contributed by atoms with Gasteiger partial charge in [0.2, 0.25) is 0 Å². The van der Waals surface area contributed by atoms with E-state index in [1.165, 1.54) is 6.07 Å². The van der Waals surface area contributed by atoms with E-state index in [4.69, 9.17) is 0 Å². The molecule has 25 heavy (non-hydrogen) atoms. The minimum Gasteiger partial charge on any atom is -0.481 e. The van der Waals surface area contributed by atoms with Crippen LogP contribution in [0.15, 0.2) is 54.7 Å². The molecule has 1 amide bonds. The van der Waals surface area contributed by atoms with Crippen LogP contribution in [0.25, 0.3) is 10.9 Å². The summed E-state index contributed by atoms with van der Waals surface area (Å²) >= 11 is 0. The minimum atomic E-state index is -1.08. The number of hydrogen-bond donors (Lipinski definition) is 3. The van der Waals surface area contributed by atoms with E-state index in [0.29, 0.717) is 11.1 Å². The van der Waals surface area contributed by atoms with E-state index in [-0.39, 0.29) is 18.9 Å². The average molecular weight is 340 g/mol. The number of carboxylic acids is 1. The van der Waals surface area contributed by atoms with E-state index >= 15 is 0 Å². The second-order valence-corrected chi connectivity index (χ2v) is 5.82. The van der Waals surface area contributed by atoms with Gasteiger partial charge in [0.1, 0.15) is 5.82 Å². The van der Waals surface area contributed by atoms with Crippen LogP contribution in [0.3, 0.4) is 0 Å². The fourth-order valence-corrected chi connectivity index (χ4v) is 2.68. The molecule has 0 saturated carbocycles. The number of aliphatic carboxylic acids is 1. The monoisotopic (exact) mass is 340 g/mol. The molecule has 6 heteroatoms. The predicted octanol–water partition coefficient (Wildman–Crippen LogP) is 2.98. The van der Waals surface area contributed by atoms with Crippen molar-refractivity contribution in [3.05, 3.63) is 71.7 Å². The van der Waals surface area contributed by atoms with Gasteiger partial charge in [0.25, 0.3) is 5.91 Å². The molecule has 2 aromatic carbocycles. The molecule has 3 aromatic rings. The van der Waals surface area contributed by atoms with Gasteiger partial charge in [-0.05, 0) is 41.6 Å². The molecular weight excluding hydrogens is 323 g/mol. The Balaban J connectivity index is 1.67. The van der Waals surface area contributed by atoms with Crippen molar-refractivity contribution in [1.82, 2.24) is 10.3 Å². The van der Waals surface area contributed by atoms with Crippen LogP contribution in [-0.2, 0) is 11.2 Å². The van der Waals surface area contributed by atoms with Crippen molar-refractivity contribution < 1.29 is 19.1 Å². The summed E-state index contributed by atoms with van der Waals surface area (Å²) in [7, 11) is 0. The van der Waals surface area contributed by atoms with Crippen molar-refractivity contribution in [2.75, 3.05) is 6.54 Å². The molecule has 0 aliphatic heterocycles. The number of benzene rings is 2. The van der Waals surface area contributed by atoms with Crippen molar-refractivity contribution in [1.29, 1.82) is 0 Å². The maximum absolute atomic E-state index is 13.7. The Hall–Kier alpha value is -3.15. The van der Waals surface area contributed by atoms with Gasteiger partial charge in [0.05, 0.1) is 5.92 Å². The number of carboxylic acid groups (broad SMARTS) is 1. The number of amides is 1. The number of aromatic nitrogens is 1. The molecule has 0 radical (unpaired) electrons. The molecule has 0 aliphatic carbocycles. The standard InChI is InChI=1S/C19H17FN2O3/c20-16-4-2-1-3-13(16)9-15(19(24)25)11-22-18(23)14-6-5-12-7-8-21-17(12)10-14/h1-8,10,15,21H,9,11H2,(H,22,23)(H,24,25). The number of nitrogens with one attached hydrogen (secondary N) is 2. The van der Waals surface area contributed by atoms with Crippen molar-refractivity contribution in [2.45, 2.75) is 6.42 Å². The van der Waals surface area contributed by atoms with Gasteiger partial charge in [0.15, 0.2) is 0 Å². The molecule has 0 saturated heterocycles. The van der Waals surface area contributed by atoms with Crippen LogP contribution in [0.4, 0.5) is 4.39 Å². The lowest BCUT2D eigenvalue weighted by Gasteiger charge is -2.14. The second-order valence-electron chi connectivity index (χ2n) is 5.82. The van der Waals surface area contributed by atoms with Gasteiger partial charge >= 0.3 is 5.97 Å². The highest BCUT2D eigenvalue weighted by Crippen LogP contribution is 2.15. The van der Waals surface area contributed by atoms with Crippen molar-refractivity contribution >= 4 is 22.8 Å². The number of hydrogen-bond acceptors (Lipinski definition) is 2. The van der Waals surface area contributed by atoms with Crippen LogP contribution in [0.5, 0.6) is 0 Å². The fraction of sp³-hybridized carbons (Fsp3) is 0.158. The zero-order valence-electron chi connectivity index (χ0n) is 13.3. The summed E-state index contributed by atoms with van der Waals surface area (Å²) in [4.78, 5) is 26.7. The Morgan fingerprint density at radius 2 is 1.96 bits per heavy atom. The molecule has 0 fully saturated rings. The number of rotatable bonds is 6. The van der Waals surface area contributed by atoms with Gasteiger partial charge in [-0.2, -0.15) is 0 Å². The van der Waals surface area contributed by atoms with E-state index in [0.717, 1.165) is 10.9 Å². The number of carbonyl (C=O) groups excluding carboxylic acids is 1. The van der Waals surface area contributed by atoms with Crippen LogP contribution < -0.4 is 5.32 Å². The minimum absolute atomic E-state index is 0.0119. The Bertz CT molecular complexity index is 920. The summed E-state index contributed by atoms with van der Waals surface area (Å²) in [6, 6.07) is 13.1. The quantitative estimate of drug-likeness (QED) is 0.645. The first kappa shape index (κ1) is 16.7. The highest BCUT2D eigenvalue weighted by Gasteiger charge is 2.21. The number of halogens is 1. The van der Waals surface area contributed by atoms with E-state index in [9.17, 15) is 19.1 Å². The summed E-state index contributed by atoms with van der Waals surface area (Å²) in [5.41, 5.74) is 1.58. The fourth-order valence-electron chi connectivity index (χ4n) is 2.68. The van der Waals surface area contributed by atoms with Gasteiger partial charge in [0, 0.05) is 23.8 Å². The van der Waals surface area contributed by atoms with Crippen LogP contribution in [0.2, 0.25) is 0 Å². The molecular formula is C19H17FN2O3. The third kappa shape index (κ3) is 3.85. The van der Waals surface area contributed by atoms with Crippen LogP contribution in [-0.4, -0.2) is 28.5 Å². The third-order valence-electron chi connectivity index (χ3n) is 4.10. The molecule has 1 aromatic heterocycles. The highest BCUT2D eigenvalue weighted by molar-refractivity contribution is 5.98. The maximum atomic E-state index is 13.7. The average Bonchev–Trinajstić information content (AvgIpc) is 3.07. The third-order valence-corrected chi connectivity index (χ3v) is 4.10. The molecule has 128 valence electrons. The molecule has 1 unspecified atom stereocenters. The predicted molar refractivity (Wildman–Crippen MR) is 91.9 cm³/mol. The van der Waals surface area contributed by atoms with E-state index in [2.05, 4.69) is 10.3 Å². The zero-order chi connectivity index (χ0) is 17.8. The van der Waals surface area contributed by atoms with Crippen molar-refractivity contribution in [3.63, 3.8) is 0 Å². The smallest absolute Gasteiger partial charge is 0.308 e. The second kappa shape index (κ2) is 7.17. The first-order chi connectivity index (χ1) is 12.0. The van der Waals surface area contributed by atoms with Gasteiger partial charge < -0.3 is 15.4 Å². The van der Waals surface area contributed by atoms with Crippen LogP contribution in [0, 0.1) is 11.7 Å². The molecule has 1 atom stereocenters. The lowest BCUT2D eigenvalue weighted by atomic mass is 9.99. The summed E-state index contributed by atoms with van der Waals surface area (Å²) in [5, 5.41) is 13.0. The normalized spacial score (nSPS) is 12.0. The molecule has 3 rings (SSSR count). The van der Waals surface area contributed by atoms with Gasteiger partial charge in [-0.3, -0.25) is 9.59 Å². The van der Waals surface area contributed by atoms with Crippen LogP contribution in [0.1, 0.15) is 15.9 Å². The Labute approximate surface area is 143 Å². The highest BCUT2D eigenvalue weighted by atomic mass is 19.1. The SMILES string of the molecule is O=C(NCC(Cc1ccccc1F)C(=O)O)c1ccc2cc[nH]c2c1. The van der Waals surface area contributed by atoms with Crippen molar-refractivity contribution in [3.8, 4) is 0 Å². The van der Waals surface area contributed by atoms with E-state index < -0.39 is 17.7 Å². The Kier molecular flexibility index (Phi) is 4.79. The number of aromatic amines is 1. The summed E-state index contributed by atoms with van der Waals surface area (Å²) in [5.74, 6) is -2.80. The number of H-pyrrole nitrogens is 1. The van der Waals surface area contributed by atoms with E-state index in [1.54, 1.807) is 36.5 Å². The van der Waals surface area contributed by atoms with Gasteiger partial charge in [-0.25, -0.2) is 4.39 Å². The molecule has 1 heterocycles. The first-order valence-electron chi connectivity index (χ1n) is 7.86. The molecule has 3 N–H and O–H groups in total. The summed E-state index contributed by atoms with van der Waals surface area (Å²) < 4.78 is 13.7. The Morgan fingerprint density at radius 1 is 1.16 bits per heavy atom. The molecule has 0 spiro atoms. The topological polar surface area (TPSA) is 82.2 Å². The van der Waals surface area contributed by atoms with Crippen LogP contribution >= 0.6 is 0 Å².